The van der Waals surface area contributed by atoms with Crippen molar-refractivity contribution in [1.82, 2.24) is 9.78 Å². The van der Waals surface area contributed by atoms with Crippen LogP contribution >= 0.6 is 0 Å². The van der Waals surface area contributed by atoms with Gasteiger partial charge in [0.2, 0.25) is 0 Å². The van der Waals surface area contributed by atoms with E-state index in [0.717, 1.165) is 30.9 Å². The van der Waals surface area contributed by atoms with Gasteiger partial charge in [-0.2, -0.15) is 5.10 Å². The number of hydrogen-bond donors (Lipinski definition) is 1. The minimum atomic E-state index is -0.882. The zero-order valence-electron chi connectivity index (χ0n) is 10.7. The number of carboxylic acids is 1. The Morgan fingerprint density at radius 1 is 1.42 bits per heavy atom. The maximum absolute atomic E-state index is 11.0. The van der Waals surface area contributed by atoms with Crippen molar-refractivity contribution in [2.75, 3.05) is 11.4 Å². The van der Waals surface area contributed by atoms with E-state index >= 15 is 0 Å². The molecule has 3 rings (SSSR count). The SMILES string of the molecule is Cn1ccc(CN2CCc3ccc(C(=O)O)cc32)n1. The second-order valence-electron chi connectivity index (χ2n) is 4.80. The highest BCUT2D eigenvalue weighted by Crippen LogP contribution is 2.30. The second kappa shape index (κ2) is 4.42. The normalized spacial score (nSPS) is 13.6. The topological polar surface area (TPSA) is 58.4 Å². The number of fused-ring (bicyclic) bond motifs is 1. The number of hydrogen-bond acceptors (Lipinski definition) is 3. The molecule has 1 aromatic carbocycles. The van der Waals surface area contributed by atoms with E-state index in [1.54, 1.807) is 16.8 Å². The Kier molecular flexibility index (Phi) is 2.74. The number of aromatic nitrogens is 2. The summed E-state index contributed by atoms with van der Waals surface area (Å²) in [5.41, 5.74) is 3.56. The lowest BCUT2D eigenvalue weighted by atomic mass is 10.1. The van der Waals surface area contributed by atoms with Crippen LogP contribution in [0.5, 0.6) is 0 Å². The lowest BCUT2D eigenvalue weighted by molar-refractivity contribution is 0.0697. The Hall–Kier alpha value is -2.30. The second-order valence-corrected chi connectivity index (χ2v) is 4.80. The van der Waals surface area contributed by atoms with Gasteiger partial charge in [0.25, 0.3) is 0 Å². The van der Waals surface area contributed by atoms with Gasteiger partial charge in [0.15, 0.2) is 0 Å². The van der Waals surface area contributed by atoms with Gasteiger partial charge in [0, 0.05) is 25.5 Å². The third-order valence-corrected chi connectivity index (χ3v) is 3.45. The van der Waals surface area contributed by atoms with Crippen LogP contribution in [0.15, 0.2) is 30.5 Å². The summed E-state index contributed by atoms with van der Waals surface area (Å²) in [6, 6.07) is 7.33. The number of aromatic carboxylic acids is 1. The summed E-state index contributed by atoms with van der Waals surface area (Å²) in [5.74, 6) is -0.882. The summed E-state index contributed by atoms with van der Waals surface area (Å²) in [4.78, 5) is 13.2. The molecular weight excluding hydrogens is 242 g/mol. The molecule has 1 aromatic heterocycles. The minimum Gasteiger partial charge on any atom is -0.478 e. The average molecular weight is 257 g/mol. The van der Waals surface area contributed by atoms with Gasteiger partial charge in [-0.3, -0.25) is 4.68 Å². The number of rotatable bonds is 3. The quantitative estimate of drug-likeness (QED) is 0.909. The van der Waals surface area contributed by atoms with Crippen LogP contribution in [0.4, 0.5) is 5.69 Å². The van der Waals surface area contributed by atoms with E-state index in [2.05, 4.69) is 10.00 Å². The molecule has 1 N–H and O–H groups in total. The van der Waals surface area contributed by atoms with E-state index < -0.39 is 5.97 Å². The molecule has 1 aliphatic rings. The highest BCUT2D eigenvalue weighted by atomic mass is 16.4. The largest absolute Gasteiger partial charge is 0.478 e. The number of nitrogens with zero attached hydrogens (tertiary/aromatic N) is 3. The molecule has 19 heavy (non-hydrogen) atoms. The maximum atomic E-state index is 11.0. The fourth-order valence-electron chi connectivity index (χ4n) is 2.49. The first-order chi connectivity index (χ1) is 9.13. The molecule has 0 saturated heterocycles. The first kappa shape index (κ1) is 11.8. The van der Waals surface area contributed by atoms with E-state index in [9.17, 15) is 4.79 Å². The predicted octanol–water partition coefficient (Wildman–Crippen LogP) is 1.68. The van der Waals surface area contributed by atoms with Crippen molar-refractivity contribution >= 4 is 11.7 Å². The Morgan fingerprint density at radius 3 is 2.95 bits per heavy atom. The summed E-state index contributed by atoms with van der Waals surface area (Å²) in [5, 5.41) is 13.4. The molecule has 0 saturated carbocycles. The standard InChI is InChI=1S/C14H15N3O2/c1-16-6-5-12(15-16)9-17-7-4-10-2-3-11(14(18)19)8-13(10)17/h2-3,5-6,8H,4,7,9H2,1H3,(H,18,19). The maximum Gasteiger partial charge on any atom is 0.335 e. The van der Waals surface area contributed by atoms with Crippen molar-refractivity contribution in [2.45, 2.75) is 13.0 Å². The molecule has 5 nitrogen and oxygen atoms in total. The van der Waals surface area contributed by atoms with Gasteiger partial charge in [-0.25, -0.2) is 4.79 Å². The smallest absolute Gasteiger partial charge is 0.335 e. The highest BCUT2D eigenvalue weighted by Gasteiger charge is 2.21. The van der Waals surface area contributed by atoms with Crippen LogP contribution < -0.4 is 4.90 Å². The van der Waals surface area contributed by atoms with Crippen LogP contribution in [0.3, 0.4) is 0 Å². The summed E-state index contributed by atoms with van der Waals surface area (Å²) >= 11 is 0. The van der Waals surface area contributed by atoms with Crippen LogP contribution in [0.25, 0.3) is 0 Å². The van der Waals surface area contributed by atoms with Crippen LogP contribution in [0.1, 0.15) is 21.6 Å². The molecule has 2 heterocycles. The molecule has 1 aliphatic heterocycles. The van der Waals surface area contributed by atoms with Gasteiger partial charge in [-0.05, 0) is 30.2 Å². The van der Waals surface area contributed by atoms with E-state index in [1.807, 2.05) is 25.4 Å². The van der Waals surface area contributed by atoms with Gasteiger partial charge in [-0.15, -0.1) is 0 Å². The molecule has 0 bridgehead atoms. The van der Waals surface area contributed by atoms with E-state index in [-0.39, 0.29) is 0 Å². The monoisotopic (exact) mass is 257 g/mol. The van der Waals surface area contributed by atoms with Crippen LogP contribution in [0.2, 0.25) is 0 Å². The Balaban J connectivity index is 1.88. The summed E-state index contributed by atoms with van der Waals surface area (Å²) in [6.45, 7) is 1.63. The fraction of sp³-hybridized carbons (Fsp3) is 0.286. The molecule has 0 fully saturated rings. The fourth-order valence-corrected chi connectivity index (χ4v) is 2.49. The molecule has 2 aromatic rings. The number of benzene rings is 1. The van der Waals surface area contributed by atoms with Crippen LogP contribution in [-0.2, 0) is 20.0 Å². The lowest BCUT2D eigenvalue weighted by Crippen LogP contribution is -2.20. The van der Waals surface area contributed by atoms with Gasteiger partial charge < -0.3 is 10.0 Å². The van der Waals surface area contributed by atoms with E-state index in [0.29, 0.717) is 5.56 Å². The number of carbonyl (C=O) groups is 1. The summed E-state index contributed by atoms with van der Waals surface area (Å²) in [6.07, 6.45) is 2.88. The number of aryl methyl sites for hydroxylation is 1. The zero-order valence-corrected chi connectivity index (χ0v) is 10.7. The third kappa shape index (κ3) is 2.19. The molecule has 5 heteroatoms. The average Bonchev–Trinajstić information content (AvgIpc) is 2.96. The number of anilines is 1. The highest BCUT2D eigenvalue weighted by molar-refractivity contribution is 5.89. The van der Waals surface area contributed by atoms with Gasteiger partial charge in [-0.1, -0.05) is 6.07 Å². The number of carboxylic acid groups (broad SMARTS) is 1. The van der Waals surface area contributed by atoms with Crippen molar-refractivity contribution in [3.63, 3.8) is 0 Å². The van der Waals surface area contributed by atoms with Gasteiger partial charge in [0.1, 0.15) is 0 Å². The summed E-state index contributed by atoms with van der Waals surface area (Å²) < 4.78 is 1.78. The molecule has 0 amide bonds. The third-order valence-electron chi connectivity index (χ3n) is 3.45. The molecule has 98 valence electrons. The molecular formula is C14H15N3O2. The first-order valence-corrected chi connectivity index (χ1v) is 6.23. The molecule has 0 atom stereocenters. The minimum absolute atomic E-state index is 0.340. The van der Waals surface area contributed by atoms with Crippen molar-refractivity contribution < 1.29 is 9.90 Å². The molecule has 0 unspecified atom stereocenters. The molecule has 0 spiro atoms. The zero-order chi connectivity index (χ0) is 13.4. The summed E-state index contributed by atoms with van der Waals surface area (Å²) in [7, 11) is 1.89. The molecule has 0 radical (unpaired) electrons. The van der Waals surface area contributed by atoms with Crippen LogP contribution in [0, 0.1) is 0 Å². The van der Waals surface area contributed by atoms with Crippen LogP contribution in [-0.4, -0.2) is 27.4 Å². The van der Waals surface area contributed by atoms with Crippen molar-refractivity contribution in [1.29, 1.82) is 0 Å². The van der Waals surface area contributed by atoms with Crippen molar-refractivity contribution in [3.8, 4) is 0 Å². The predicted molar refractivity (Wildman–Crippen MR) is 71.4 cm³/mol. The van der Waals surface area contributed by atoms with E-state index in [1.165, 1.54) is 5.56 Å². The molecule has 0 aliphatic carbocycles. The van der Waals surface area contributed by atoms with E-state index in [4.69, 9.17) is 5.11 Å². The van der Waals surface area contributed by atoms with Gasteiger partial charge in [0.05, 0.1) is 17.8 Å². The Morgan fingerprint density at radius 2 is 2.26 bits per heavy atom. The lowest BCUT2D eigenvalue weighted by Gasteiger charge is -2.18. The Bertz CT molecular complexity index is 633. The van der Waals surface area contributed by atoms with Gasteiger partial charge >= 0.3 is 5.97 Å². The van der Waals surface area contributed by atoms with Crippen molar-refractivity contribution in [3.05, 3.63) is 47.3 Å². The van der Waals surface area contributed by atoms with Crippen molar-refractivity contribution in [2.24, 2.45) is 7.05 Å². The Labute approximate surface area is 111 Å². The first-order valence-electron chi connectivity index (χ1n) is 6.23.